The van der Waals surface area contributed by atoms with E-state index in [9.17, 15) is 9.59 Å². The molecule has 3 N–H and O–H groups in total. The molecule has 0 aliphatic carbocycles. The minimum atomic E-state index is -0.256. The van der Waals surface area contributed by atoms with Gasteiger partial charge in [0.2, 0.25) is 0 Å². The highest BCUT2D eigenvalue weighted by Crippen LogP contribution is 2.20. The Labute approximate surface area is 151 Å². The van der Waals surface area contributed by atoms with Crippen LogP contribution in [0.25, 0.3) is 11.3 Å². The van der Waals surface area contributed by atoms with Crippen molar-refractivity contribution in [3.8, 4) is 11.3 Å². The molecule has 0 aliphatic rings. The van der Waals surface area contributed by atoms with Gasteiger partial charge in [0.05, 0.1) is 5.69 Å². The largest absolute Gasteiger partial charge is 0.383 e. The number of H-pyrrole nitrogens is 1. The van der Waals surface area contributed by atoms with Crippen LogP contribution in [0.4, 0.5) is 11.4 Å². The Bertz CT molecular complexity index is 959. The number of hydrogen-bond donors (Lipinski definition) is 3. The number of aromatic amines is 1. The first-order chi connectivity index (χ1) is 12.5. The van der Waals surface area contributed by atoms with Gasteiger partial charge in [-0.1, -0.05) is 18.2 Å². The standard InChI is InChI=1S/C20H20N4O2/c1-13(2)21-16-7-4-6-15(12-16)20(26)22-17-8-3-5-14(11-17)18-9-10-19(25)24-23-18/h3-13,21H,1-2H3,(H,22,26)(H,24,25). The minimum Gasteiger partial charge on any atom is -0.383 e. The normalized spacial score (nSPS) is 10.6. The number of nitrogens with one attached hydrogen (secondary N) is 3. The van der Waals surface area contributed by atoms with E-state index >= 15 is 0 Å². The summed E-state index contributed by atoms with van der Waals surface area (Å²) in [5.41, 5.74) is 3.30. The Morgan fingerprint density at radius 2 is 1.77 bits per heavy atom. The molecular formula is C20H20N4O2. The van der Waals surface area contributed by atoms with Crippen molar-refractivity contribution in [3.05, 3.63) is 76.6 Å². The fourth-order valence-corrected chi connectivity index (χ4v) is 2.55. The molecule has 6 nitrogen and oxygen atoms in total. The van der Waals surface area contributed by atoms with Crippen LogP contribution in [0.3, 0.4) is 0 Å². The quantitative estimate of drug-likeness (QED) is 0.658. The Hall–Kier alpha value is -3.41. The second-order valence-corrected chi connectivity index (χ2v) is 6.22. The molecule has 3 aromatic rings. The van der Waals surface area contributed by atoms with Gasteiger partial charge in [0.1, 0.15) is 0 Å². The first-order valence-corrected chi connectivity index (χ1v) is 8.35. The Kier molecular flexibility index (Phi) is 5.12. The smallest absolute Gasteiger partial charge is 0.264 e. The van der Waals surface area contributed by atoms with Gasteiger partial charge in [0.25, 0.3) is 11.5 Å². The minimum absolute atomic E-state index is 0.191. The van der Waals surface area contributed by atoms with Crippen LogP contribution in [0, 0.1) is 0 Å². The number of nitrogens with zero attached hydrogens (tertiary/aromatic N) is 1. The molecule has 132 valence electrons. The molecule has 0 radical (unpaired) electrons. The molecule has 3 rings (SSSR count). The third kappa shape index (κ3) is 4.36. The van der Waals surface area contributed by atoms with Crippen molar-refractivity contribution < 1.29 is 4.79 Å². The fraction of sp³-hybridized carbons (Fsp3) is 0.150. The first kappa shape index (κ1) is 17.4. The van der Waals surface area contributed by atoms with E-state index in [-0.39, 0.29) is 17.5 Å². The van der Waals surface area contributed by atoms with Crippen molar-refractivity contribution in [2.45, 2.75) is 19.9 Å². The lowest BCUT2D eigenvalue weighted by molar-refractivity contribution is 0.102. The number of aromatic nitrogens is 2. The molecule has 0 saturated heterocycles. The average Bonchev–Trinajstić information content (AvgIpc) is 2.62. The van der Waals surface area contributed by atoms with Crippen LogP contribution in [0.2, 0.25) is 0 Å². The highest BCUT2D eigenvalue weighted by atomic mass is 16.1. The van der Waals surface area contributed by atoms with Gasteiger partial charge in [-0.25, -0.2) is 5.10 Å². The van der Waals surface area contributed by atoms with E-state index in [1.165, 1.54) is 6.07 Å². The van der Waals surface area contributed by atoms with Crippen molar-refractivity contribution in [1.29, 1.82) is 0 Å². The van der Waals surface area contributed by atoms with Gasteiger partial charge >= 0.3 is 0 Å². The molecule has 1 aromatic heterocycles. The zero-order valence-corrected chi connectivity index (χ0v) is 14.6. The SMILES string of the molecule is CC(C)Nc1cccc(C(=O)Nc2cccc(-c3ccc(=O)[nH]n3)c2)c1. The molecule has 0 spiro atoms. The van der Waals surface area contributed by atoms with Crippen molar-refractivity contribution in [3.63, 3.8) is 0 Å². The van der Waals surface area contributed by atoms with Gasteiger partial charge in [0, 0.05) is 34.6 Å². The van der Waals surface area contributed by atoms with E-state index in [0.29, 0.717) is 16.9 Å². The first-order valence-electron chi connectivity index (χ1n) is 8.35. The van der Waals surface area contributed by atoms with Gasteiger partial charge in [-0.3, -0.25) is 9.59 Å². The average molecular weight is 348 g/mol. The zero-order chi connectivity index (χ0) is 18.5. The van der Waals surface area contributed by atoms with Crippen molar-refractivity contribution in [2.75, 3.05) is 10.6 Å². The number of carbonyl (C=O) groups is 1. The summed E-state index contributed by atoms with van der Waals surface area (Å²) < 4.78 is 0. The summed E-state index contributed by atoms with van der Waals surface area (Å²) in [7, 11) is 0. The lowest BCUT2D eigenvalue weighted by Crippen LogP contribution is -2.14. The fourth-order valence-electron chi connectivity index (χ4n) is 2.55. The third-order valence-electron chi connectivity index (χ3n) is 3.68. The Balaban J connectivity index is 1.78. The maximum Gasteiger partial charge on any atom is 0.264 e. The van der Waals surface area contributed by atoms with Gasteiger partial charge in [-0.05, 0) is 50.2 Å². The summed E-state index contributed by atoms with van der Waals surface area (Å²) in [6.07, 6.45) is 0. The Morgan fingerprint density at radius 3 is 2.50 bits per heavy atom. The third-order valence-corrected chi connectivity index (χ3v) is 3.68. The van der Waals surface area contributed by atoms with Gasteiger partial charge in [-0.15, -0.1) is 0 Å². The molecule has 1 heterocycles. The molecule has 0 unspecified atom stereocenters. The predicted octanol–water partition coefficient (Wildman–Crippen LogP) is 3.51. The predicted molar refractivity (Wildman–Crippen MR) is 103 cm³/mol. The van der Waals surface area contributed by atoms with Crippen molar-refractivity contribution in [1.82, 2.24) is 10.2 Å². The van der Waals surface area contributed by atoms with Crippen molar-refractivity contribution in [2.24, 2.45) is 0 Å². The molecular weight excluding hydrogens is 328 g/mol. The van der Waals surface area contributed by atoms with Crippen LogP contribution in [0.1, 0.15) is 24.2 Å². The van der Waals surface area contributed by atoms with E-state index in [4.69, 9.17) is 0 Å². The van der Waals surface area contributed by atoms with Gasteiger partial charge < -0.3 is 10.6 Å². The second-order valence-electron chi connectivity index (χ2n) is 6.22. The lowest BCUT2D eigenvalue weighted by atomic mass is 10.1. The summed E-state index contributed by atoms with van der Waals surface area (Å²) in [6.45, 7) is 4.09. The summed E-state index contributed by atoms with van der Waals surface area (Å²) in [4.78, 5) is 23.7. The number of benzene rings is 2. The second kappa shape index (κ2) is 7.65. The highest BCUT2D eigenvalue weighted by Gasteiger charge is 2.08. The van der Waals surface area contributed by atoms with Crippen LogP contribution in [-0.4, -0.2) is 22.1 Å². The zero-order valence-electron chi connectivity index (χ0n) is 14.6. The molecule has 26 heavy (non-hydrogen) atoms. The number of amides is 1. The Morgan fingerprint density at radius 1 is 1.00 bits per heavy atom. The van der Waals surface area contributed by atoms with Gasteiger partial charge in [-0.2, -0.15) is 5.10 Å². The molecule has 0 atom stereocenters. The van der Waals surface area contributed by atoms with Crippen molar-refractivity contribution >= 4 is 17.3 Å². The maximum atomic E-state index is 12.5. The van der Waals surface area contributed by atoms with Crippen LogP contribution in [-0.2, 0) is 0 Å². The van der Waals surface area contributed by atoms with E-state index in [1.807, 2.05) is 56.3 Å². The number of rotatable bonds is 5. The molecule has 0 aliphatic heterocycles. The summed E-state index contributed by atoms with van der Waals surface area (Å²) in [5, 5.41) is 12.6. The number of hydrogen-bond acceptors (Lipinski definition) is 4. The monoisotopic (exact) mass is 348 g/mol. The summed E-state index contributed by atoms with van der Waals surface area (Å²) >= 11 is 0. The molecule has 6 heteroatoms. The van der Waals surface area contributed by atoms with E-state index in [0.717, 1.165) is 11.3 Å². The molecule has 2 aromatic carbocycles. The van der Waals surface area contributed by atoms with Crippen LogP contribution in [0.5, 0.6) is 0 Å². The van der Waals surface area contributed by atoms with Crippen LogP contribution < -0.4 is 16.2 Å². The highest BCUT2D eigenvalue weighted by molar-refractivity contribution is 6.05. The molecule has 0 bridgehead atoms. The molecule has 0 fully saturated rings. The van der Waals surface area contributed by atoms with E-state index in [2.05, 4.69) is 20.8 Å². The summed E-state index contributed by atoms with van der Waals surface area (Å²) in [6, 6.07) is 18.0. The topological polar surface area (TPSA) is 86.9 Å². The van der Waals surface area contributed by atoms with Crippen LogP contribution in [0.15, 0.2) is 65.5 Å². The molecule has 1 amide bonds. The van der Waals surface area contributed by atoms with Gasteiger partial charge in [0.15, 0.2) is 0 Å². The number of anilines is 2. The number of carbonyl (C=O) groups excluding carboxylic acids is 1. The maximum absolute atomic E-state index is 12.5. The van der Waals surface area contributed by atoms with Crippen LogP contribution >= 0.6 is 0 Å². The van der Waals surface area contributed by atoms with E-state index < -0.39 is 0 Å². The lowest BCUT2D eigenvalue weighted by Gasteiger charge is -2.12. The molecule has 0 saturated carbocycles. The van der Waals surface area contributed by atoms with E-state index in [1.54, 1.807) is 12.1 Å². The summed E-state index contributed by atoms with van der Waals surface area (Å²) in [5.74, 6) is -0.191.